The quantitative estimate of drug-likeness (QED) is 0.595. The van der Waals surface area contributed by atoms with E-state index in [9.17, 15) is 45.8 Å². The molecule has 14 heteroatoms. The third-order valence-corrected chi connectivity index (χ3v) is 7.04. The Morgan fingerprint density at radius 1 is 1.12 bits per heavy atom. The molecule has 34 heavy (non-hydrogen) atoms. The standard InChI is InChI=1S/C20H14F5N3O5S/c21-17-11(6-26)1-3-14(18(17)22)33-16-8-28(9-19(16,30)10-29)34(31,32)15-4-2-13(20(23,24)25)5-12(15)7-27/h1-5,16,29-30H,8-10H2/t16-,19+/m0/s1. The van der Waals surface area contributed by atoms with Crippen molar-refractivity contribution in [1.29, 1.82) is 10.5 Å². The van der Waals surface area contributed by atoms with Gasteiger partial charge in [-0.15, -0.1) is 0 Å². The van der Waals surface area contributed by atoms with Gasteiger partial charge >= 0.3 is 6.18 Å². The summed E-state index contributed by atoms with van der Waals surface area (Å²) in [5.74, 6) is -3.91. The van der Waals surface area contributed by atoms with Crippen LogP contribution in [-0.4, -0.2) is 54.3 Å². The van der Waals surface area contributed by atoms with Crippen LogP contribution in [0.2, 0.25) is 0 Å². The van der Waals surface area contributed by atoms with Gasteiger partial charge in [0.15, 0.2) is 11.6 Å². The number of halogens is 5. The smallest absolute Gasteiger partial charge is 0.416 e. The summed E-state index contributed by atoms with van der Waals surface area (Å²) in [6.07, 6.45) is -6.48. The molecule has 1 aliphatic heterocycles. The van der Waals surface area contributed by atoms with E-state index in [1.807, 2.05) is 0 Å². The lowest BCUT2D eigenvalue weighted by atomic mass is 10.0. The van der Waals surface area contributed by atoms with Crippen LogP contribution in [0.1, 0.15) is 16.7 Å². The Morgan fingerprint density at radius 2 is 1.76 bits per heavy atom. The molecular weight excluding hydrogens is 489 g/mol. The number of aliphatic hydroxyl groups is 2. The van der Waals surface area contributed by atoms with Gasteiger partial charge in [-0.3, -0.25) is 0 Å². The maximum atomic E-state index is 14.2. The normalized spacial score (nSPS) is 21.1. The van der Waals surface area contributed by atoms with E-state index in [2.05, 4.69) is 0 Å². The molecule has 1 saturated heterocycles. The van der Waals surface area contributed by atoms with Crippen LogP contribution in [0.3, 0.4) is 0 Å². The molecule has 0 aromatic heterocycles. The van der Waals surface area contributed by atoms with Gasteiger partial charge in [-0.2, -0.15) is 32.4 Å². The van der Waals surface area contributed by atoms with Crippen LogP contribution in [0.5, 0.6) is 5.75 Å². The van der Waals surface area contributed by atoms with Crippen LogP contribution in [-0.2, 0) is 16.2 Å². The number of benzene rings is 2. The average Bonchev–Trinajstić information content (AvgIpc) is 3.13. The van der Waals surface area contributed by atoms with Crippen LogP contribution in [0.4, 0.5) is 22.0 Å². The Kier molecular flexibility index (Phi) is 6.56. The molecule has 1 aliphatic rings. The van der Waals surface area contributed by atoms with E-state index in [0.717, 1.165) is 12.1 Å². The van der Waals surface area contributed by atoms with Gasteiger partial charge < -0.3 is 14.9 Å². The third kappa shape index (κ3) is 4.41. The SMILES string of the molecule is N#Cc1cc(C(F)(F)F)ccc1S(=O)(=O)N1C[C@H](Oc2ccc(C#N)c(F)c2F)[C@](O)(CO)C1. The lowest BCUT2D eigenvalue weighted by molar-refractivity contribution is -0.137. The monoisotopic (exact) mass is 503 g/mol. The van der Waals surface area contributed by atoms with E-state index < -0.39 is 86.6 Å². The number of alkyl halides is 3. The highest BCUT2D eigenvalue weighted by Gasteiger charge is 2.51. The van der Waals surface area contributed by atoms with E-state index in [4.69, 9.17) is 10.00 Å². The number of aliphatic hydroxyl groups excluding tert-OH is 1. The number of ether oxygens (including phenoxy) is 1. The molecule has 180 valence electrons. The zero-order valence-electron chi connectivity index (χ0n) is 16.8. The Balaban J connectivity index is 1.97. The zero-order chi connectivity index (χ0) is 25.5. The first-order valence-electron chi connectivity index (χ1n) is 9.28. The number of hydrogen-bond donors (Lipinski definition) is 2. The van der Waals surface area contributed by atoms with Gasteiger partial charge in [0.2, 0.25) is 15.8 Å². The molecular formula is C20H14F5N3O5S. The molecule has 8 nitrogen and oxygen atoms in total. The first-order valence-corrected chi connectivity index (χ1v) is 10.7. The summed E-state index contributed by atoms with van der Waals surface area (Å²) in [5.41, 5.74) is -5.02. The first kappa shape index (κ1) is 25.3. The molecule has 0 spiro atoms. The summed E-state index contributed by atoms with van der Waals surface area (Å²) in [5, 5.41) is 38.2. The van der Waals surface area contributed by atoms with E-state index >= 15 is 0 Å². The van der Waals surface area contributed by atoms with Gasteiger partial charge in [0, 0.05) is 6.54 Å². The number of nitrogens with zero attached hydrogens (tertiary/aromatic N) is 3. The van der Waals surface area contributed by atoms with Crippen molar-refractivity contribution < 1.29 is 45.3 Å². The van der Waals surface area contributed by atoms with Crippen molar-refractivity contribution in [3.8, 4) is 17.9 Å². The number of sulfonamides is 1. The molecule has 3 rings (SSSR count). The summed E-state index contributed by atoms with van der Waals surface area (Å²) >= 11 is 0. The van der Waals surface area contributed by atoms with Crippen molar-refractivity contribution >= 4 is 10.0 Å². The Bertz CT molecular complexity index is 1320. The minimum absolute atomic E-state index is 0.351. The molecule has 0 amide bonds. The molecule has 0 unspecified atom stereocenters. The van der Waals surface area contributed by atoms with Crippen LogP contribution < -0.4 is 4.74 Å². The molecule has 2 N–H and O–H groups in total. The lowest BCUT2D eigenvalue weighted by Crippen LogP contribution is -2.48. The number of hydrogen-bond acceptors (Lipinski definition) is 7. The Labute approximate surface area is 189 Å². The highest BCUT2D eigenvalue weighted by Crippen LogP contribution is 2.35. The first-order chi connectivity index (χ1) is 15.8. The molecule has 2 aromatic carbocycles. The van der Waals surface area contributed by atoms with Crippen LogP contribution in [0.15, 0.2) is 35.2 Å². The van der Waals surface area contributed by atoms with Crippen LogP contribution >= 0.6 is 0 Å². The molecule has 2 atom stereocenters. The largest absolute Gasteiger partial charge is 0.483 e. The van der Waals surface area contributed by atoms with E-state index in [1.54, 1.807) is 0 Å². The van der Waals surface area contributed by atoms with Gasteiger partial charge in [-0.25, -0.2) is 12.8 Å². The number of β-amino-alcohol motifs (C(OH)–C–C–N with tert-alkyl or cyclic N) is 1. The maximum Gasteiger partial charge on any atom is 0.416 e. The van der Waals surface area contributed by atoms with Crippen LogP contribution in [0, 0.1) is 34.3 Å². The summed E-state index contributed by atoms with van der Waals surface area (Å²) in [4.78, 5) is -0.792. The summed E-state index contributed by atoms with van der Waals surface area (Å²) in [7, 11) is -4.70. The molecule has 1 fully saturated rings. The molecule has 0 radical (unpaired) electrons. The van der Waals surface area contributed by atoms with E-state index in [-0.39, 0.29) is 0 Å². The summed E-state index contributed by atoms with van der Waals surface area (Å²) in [6.45, 7) is -2.64. The maximum absolute atomic E-state index is 14.2. The van der Waals surface area contributed by atoms with Gasteiger partial charge in [0.25, 0.3) is 0 Å². The van der Waals surface area contributed by atoms with Crippen molar-refractivity contribution in [3.05, 3.63) is 58.7 Å². The summed E-state index contributed by atoms with van der Waals surface area (Å²) in [6, 6.07) is 5.94. The highest BCUT2D eigenvalue weighted by atomic mass is 32.2. The predicted molar refractivity (Wildman–Crippen MR) is 102 cm³/mol. The van der Waals surface area contributed by atoms with Gasteiger partial charge in [0.1, 0.15) is 23.8 Å². The summed E-state index contributed by atoms with van der Waals surface area (Å²) < 4.78 is 98.8. The number of rotatable bonds is 5. The fourth-order valence-electron chi connectivity index (χ4n) is 3.33. The van der Waals surface area contributed by atoms with Crippen molar-refractivity contribution in [2.24, 2.45) is 0 Å². The second-order valence-electron chi connectivity index (χ2n) is 7.34. The van der Waals surface area contributed by atoms with Crippen LogP contribution in [0.25, 0.3) is 0 Å². The lowest BCUT2D eigenvalue weighted by Gasteiger charge is -2.27. The molecule has 0 bridgehead atoms. The minimum Gasteiger partial charge on any atom is -0.483 e. The molecule has 0 saturated carbocycles. The molecule has 0 aliphatic carbocycles. The Hall–Kier alpha value is -3.30. The second kappa shape index (κ2) is 8.81. The van der Waals surface area contributed by atoms with Gasteiger partial charge in [-0.05, 0) is 30.3 Å². The topological polar surface area (TPSA) is 135 Å². The third-order valence-electron chi connectivity index (χ3n) is 5.17. The zero-order valence-corrected chi connectivity index (χ0v) is 17.7. The molecule has 2 aromatic rings. The van der Waals surface area contributed by atoms with Gasteiger partial charge in [-0.1, -0.05) is 0 Å². The van der Waals surface area contributed by atoms with Crippen molar-refractivity contribution in [2.45, 2.75) is 22.8 Å². The van der Waals surface area contributed by atoms with Gasteiger partial charge in [0.05, 0.1) is 34.7 Å². The number of nitriles is 2. The van der Waals surface area contributed by atoms with Crippen molar-refractivity contribution in [1.82, 2.24) is 4.31 Å². The fourth-order valence-corrected chi connectivity index (χ4v) is 4.95. The van der Waals surface area contributed by atoms with Crippen molar-refractivity contribution in [2.75, 3.05) is 19.7 Å². The van der Waals surface area contributed by atoms with Crippen molar-refractivity contribution in [3.63, 3.8) is 0 Å². The second-order valence-corrected chi connectivity index (χ2v) is 9.24. The average molecular weight is 503 g/mol. The highest BCUT2D eigenvalue weighted by molar-refractivity contribution is 7.89. The predicted octanol–water partition coefficient (Wildman–Crippen LogP) is 1.90. The molecule has 1 heterocycles. The fraction of sp³-hybridized carbons (Fsp3) is 0.300. The van der Waals surface area contributed by atoms with E-state index in [0.29, 0.717) is 22.5 Å². The van der Waals surface area contributed by atoms with E-state index in [1.165, 1.54) is 12.1 Å². The Morgan fingerprint density at radius 3 is 2.32 bits per heavy atom. The minimum atomic E-state index is -4.84.